The van der Waals surface area contributed by atoms with Gasteiger partial charge in [0, 0.05) is 24.2 Å². The smallest absolute Gasteiger partial charge is 0.306 e. The molecule has 1 fully saturated rings. The molecule has 1 saturated heterocycles. The maximum absolute atomic E-state index is 14.2. The van der Waals surface area contributed by atoms with Gasteiger partial charge in [-0.3, -0.25) is 19.3 Å². The molecule has 1 aromatic carbocycles. The highest BCUT2D eigenvalue weighted by molar-refractivity contribution is 5.91. The number of nitrogens with zero attached hydrogens (tertiary/aromatic N) is 2. The molecular formula is C31H38N2O7. The maximum atomic E-state index is 14.2. The molecule has 40 heavy (non-hydrogen) atoms. The number of likely N-dealkylation sites (tertiary alicyclic amines) is 1. The average Bonchev–Trinajstić information content (AvgIpc) is 3.14. The van der Waals surface area contributed by atoms with Gasteiger partial charge in [-0.15, -0.1) is 0 Å². The number of methoxy groups -OCH3 is 1. The summed E-state index contributed by atoms with van der Waals surface area (Å²) in [5.41, 5.74) is 3.02. The number of piperidine rings is 1. The Bertz CT molecular complexity index is 1300. The van der Waals surface area contributed by atoms with Crippen LogP contribution in [0.3, 0.4) is 0 Å². The Balaban J connectivity index is 1.55. The summed E-state index contributed by atoms with van der Waals surface area (Å²) in [6, 6.07) is 7.44. The van der Waals surface area contributed by atoms with Gasteiger partial charge in [0.1, 0.15) is 18.1 Å². The number of amides is 2. The molecule has 3 aliphatic heterocycles. The molecule has 1 aliphatic carbocycles. The number of hydrogen-bond acceptors (Lipinski definition) is 6. The van der Waals surface area contributed by atoms with Crippen molar-refractivity contribution in [2.45, 2.75) is 65.0 Å². The molecule has 0 saturated carbocycles. The van der Waals surface area contributed by atoms with Crippen molar-refractivity contribution in [1.82, 2.24) is 9.80 Å². The molecular weight excluding hydrogens is 512 g/mol. The summed E-state index contributed by atoms with van der Waals surface area (Å²) in [7, 11) is 1.63. The highest BCUT2D eigenvalue weighted by Gasteiger charge is 2.49. The van der Waals surface area contributed by atoms with Crippen LogP contribution in [0.4, 0.5) is 0 Å². The lowest BCUT2D eigenvalue weighted by atomic mass is 9.80. The zero-order valence-electron chi connectivity index (χ0n) is 23.8. The summed E-state index contributed by atoms with van der Waals surface area (Å²) in [5, 5.41) is 9.33. The van der Waals surface area contributed by atoms with E-state index in [9.17, 15) is 19.5 Å². The fourth-order valence-corrected chi connectivity index (χ4v) is 6.07. The van der Waals surface area contributed by atoms with Gasteiger partial charge in [-0.25, -0.2) is 0 Å². The monoisotopic (exact) mass is 550 g/mol. The molecule has 0 radical (unpaired) electrons. The van der Waals surface area contributed by atoms with Crippen LogP contribution in [0.1, 0.15) is 58.4 Å². The molecule has 4 aliphatic rings. The molecule has 0 aromatic heterocycles. The number of carboxylic acid groups (broad SMARTS) is 1. The second-order valence-electron chi connectivity index (χ2n) is 12.0. The number of ether oxygens (including phenoxy) is 3. The SMILES string of the molecule is COc1ccccc1[C@@H]1C=C(C)C2=COC[C@@H](C(C)(C)C)N3C(=O)[C@@H](CC(=O)N4CCC(C(=O)O)CC4)OC1=C23. The molecule has 3 atom stereocenters. The predicted molar refractivity (Wildman–Crippen MR) is 147 cm³/mol. The van der Waals surface area contributed by atoms with Crippen LogP contribution in [0.25, 0.3) is 0 Å². The topological polar surface area (TPSA) is 106 Å². The van der Waals surface area contributed by atoms with E-state index in [2.05, 4.69) is 26.8 Å². The summed E-state index contributed by atoms with van der Waals surface area (Å²) in [6.07, 6.45) is 3.47. The number of carbonyl (C=O) groups is 3. The van der Waals surface area contributed by atoms with Crippen LogP contribution < -0.4 is 4.74 Å². The van der Waals surface area contributed by atoms with Gasteiger partial charge < -0.3 is 24.2 Å². The Labute approximate surface area is 235 Å². The molecule has 0 bridgehead atoms. The summed E-state index contributed by atoms with van der Waals surface area (Å²) in [5.74, 6) is -0.784. The van der Waals surface area contributed by atoms with Gasteiger partial charge in [0.15, 0.2) is 6.10 Å². The van der Waals surface area contributed by atoms with Crippen molar-refractivity contribution >= 4 is 17.8 Å². The van der Waals surface area contributed by atoms with E-state index in [4.69, 9.17) is 14.2 Å². The maximum Gasteiger partial charge on any atom is 0.306 e. The van der Waals surface area contributed by atoms with Crippen LogP contribution in [-0.4, -0.2) is 71.6 Å². The molecule has 5 rings (SSSR count). The first kappa shape index (κ1) is 27.8. The minimum atomic E-state index is -1.02. The van der Waals surface area contributed by atoms with Crippen LogP contribution in [0, 0.1) is 11.3 Å². The number of benzene rings is 1. The third-order valence-electron chi connectivity index (χ3n) is 8.43. The van der Waals surface area contributed by atoms with Crippen LogP contribution in [0.15, 0.2) is 59.2 Å². The first-order valence-electron chi connectivity index (χ1n) is 13.9. The third kappa shape index (κ3) is 4.97. The lowest BCUT2D eigenvalue weighted by Gasteiger charge is -2.46. The Morgan fingerprint density at radius 3 is 2.50 bits per heavy atom. The number of hydrogen-bond donors (Lipinski definition) is 1. The van der Waals surface area contributed by atoms with E-state index in [-0.39, 0.29) is 35.6 Å². The molecule has 0 unspecified atom stereocenters. The van der Waals surface area contributed by atoms with Gasteiger partial charge in [-0.1, -0.05) is 45.0 Å². The van der Waals surface area contributed by atoms with E-state index in [1.807, 2.05) is 36.1 Å². The molecule has 1 N–H and O–H groups in total. The van der Waals surface area contributed by atoms with E-state index in [0.717, 1.165) is 16.7 Å². The molecule has 1 aromatic rings. The minimum Gasteiger partial charge on any atom is -0.498 e. The molecule has 9 nitrogen and oxygen atoms in total. The van der Waals surface area contributed by atoms with Crippen molar-refractivity contribution < 1.29 is 33.7 Å². The zero-order valence-corrected chi connectivity index (χ0v) is 23.8. The van der Waals surface area contributed by atoms with Gasteiger partial charge >= 0.3 is 5.97 Å². The molecule has 214 valence electrons. The quantitative estimate of drug-likeness (QED) is 0.585. The first-order valence-corrected chi connectivity index (χ1v) is 13.9. The Morgan fingerprint density at radius 1 is 1.15 bits per heavy atom. The summed E-state index contributed by atoms with van der Waals surface area (Å²) < 4.78 is 18.3. The van der Waals surface area contributed by atoms with Crippen LogP contribution >= 0.6 is 0 Å². The zero-order chi connectivity index (χ0) is 28.8. The summed E-state index contributed by atoms with van der Waals surface area (Å²) in [4.78, 5) is 42.5. The normalized spacial score (nSPS) is 25.2. The van der Waals surface area contributed by atoms with Gasteiger partial charge in [0.05, 0.1) is 43.4 Å². The standard InChI is InChI=1S/C31H38N2O7/c1-18-14-21(20-8-6-7-9-23(20)38-5)28-27-22(18)16-39-17-25(31(2,3)4)33(27)29(35)24(40-28)15-26(34)32-12-10-19(11-13-32)30(36)37/h6-9,14,16,19,21,24-25H,10-13,15,17H2,1-5H3,(H,36,37)/t21-,24+,25-/m0/s1. The number of allylic oxidation sites excluding steroid dienone is 2. The van der Waals surface area contributed by atoms with Crippen LogP contribution in [0.5, 0.6) is 5.75 Å². The summed E-state index contributed by atoms with van der Waals surface area (Å²) >= 11 is 0. The number of para-hydroxylation sites is 1. The van der Waals surface area contributed by atoms with E-state index >= 15 is 0 Å². The largest absolute Gasteiger partial charge is 0.498 e. The van der Waals surface area contributed by atoms with Gasteiger partial charge in [-0.2, -0.15) is 0 Å². The van der Waals surface area contributed by atoms with Crippen LogP contribution in [-0.2, 0) is 23.9 Å². The predicted octanol–water partition coefficient (Wildman–Crippen LogP) is 4.22. The lowest BCUT2D eigenvalue weighted by molar-refractivity contribution is -0.154. The van der Waals surface area contributed by atoms with Crippen molar-refractivity contribution in [1.29, 1.82) is 0 Å². The van der Waals surface area contributed by atoms with Gasteiger partial charge in [0.2, 0.25) is 5.91 Å². The van der Waals surface area contributed by atoms with E-state index in [1.165, 1.54) is 0 Å². The Morgan fingerprint density at radius 2 is 1.85 bits per heavy atom. The van der Waals surface area contributed by atoms with Crippen LogP contribution in [0.2, 0.25) is 0 Å². The lowest BCUT2D eigenvalue weighted by Crippen LogP contribution is -2.56. The molecule has 0 spiro atoms. The highest BCUT2D eigenvalue weighted by Crippen LogP contribution is 2.49. The number of carbonyl (C=O) groups excluding carboxylic acids is 2. The fraction of sp³-hybridized carbons (Fsp3) is 0.516. The Hall–Kier alpha value is -3.75. The van der Waals surface area contributed by atoms with Gasteiger partial charge in [0.25, 0.3) is 5.91 Å². The van der Waals surface area contributed by atoms with E-state index in [1.54, 1.807) is 18.3 Å². The van der Waals surface area contributed by atoms with Crippen molar-refractivity contribution in [3.63, 3.8) is 0 Å². The summed E-state index contributed by atoms with van der Waals surface area (Å²) in [6.45, 7) is 9.24. The highest BCUT2D eigenvalue weighted by atomic mass is 16.5. The fourth-order valence-electron chi connectivity index (χ4n) is 6.07. The molecule has 2 amide bonds. The molecule has 3 heterocycles. The Kier molecular flexibility index (Phi) is 7.42. The van der Waals surface area contributed by atoms with E-state index in [0.29, 0.717) is 49.7 Å². The van der Waals surface area contributed by atoms with Gasteiger partial charge in [-0.05, 0) is 36.8 Å². The van der Waals surface area contributed by atoms with E-state index < -0.39 is 18.0 Å². The number of carboxylic acids is 1. The number of rotatable bonds is 5. The number of aliphatic carboxylic acids is 1. The first-order chi connectivity index (χ1) is 19.0. The third-order valence-corrected chi connectivity index (χ3v) is 8.43. The van der Waals surface area contributed by atoms with Crippen molar-refractivity contribution in [3.05, 3.63) is 64.8 Å². The molecule has 9 heteroatoms. The second kappa shape index (κ2) is 10.7. The van der Waals surface area contributed by atoms with Crippen molar-refractivity contribution in [3.8, 4) is 5.75 Å². The van der Waals surface area contributed by atoms with Crippen molar-refractivity contribution in [2.75, 3.05) is 26.8 Å². The second-order valence-corrected chi connectivity index (χ2v) is 12.0. The van der Waals surface area contributed by atoms with Crippen molar-refractivity contribution in [2.24, 2.45) is 11.3 Å². The minimum absolute atomic E-state index is 0.123. The average molecular weight is 551 g/mol.